The van der Waals surface area contributed by atoms with Gasteiger partial charge in [-0.25, -0.2) is 0 Å². The van der Waals surface area contributed by atoms with Gasteiger partial charge in [-0.05, 0) is 29.6 Å². The number of likely N-dealkylation sites (tertiary alicyclic amines) is 1. The molecule has 1 N–H and O–H groups in total. The number of hydrogen-bond acceptors (Lipinski definition) is 2. The maximum absolute atomic E-state index is 12.8. The summed E-state index contributed by atoms with van der Waals surface area (Å²) >= 11 is 0. The van der Waals surface area contributed by atoms with Gasteiger partial charge in [0.05, 0.1) is 0 Å². The van der Waals surface area contributed by atoms with Crippen LogP contribution < -0.4 is 5.32 Å². The number of fused-ring (bicyclic) bond motifs is 1. The van der Waals surface area contributed by atoms with Gasteiger partial charge < -0.3 is 10.2 Å². The molecular formula is C16H26N2O2. The number of nitrogens with one attached hydrogen (secondary N) is 1. The molecule has 2 heterocycles. The fraction of sp³-hybridized carbons (Fsp3) is 0.875. The average molecular weight is 278 g/mol. The molecule has 3 aliphatic rings. The lowest BCUT2D eigenvalue weighted by atomic mass is 9.85. The van der Waals surface area contributed by atoms with E-state index in [0.29, 0.717) is 24.3 Å². The number of nitrogens with zero attached hydrogens (tertiary/aromatic N) is 1. The van der Waals surface area contributed by atoms with Gasteiger partial charge in [0, 0.05) is 31.5 Å². The lowest BCUT2D eigenvalue weighted by molar-refractivity contribution is -0.137. The fourth-order valence-corrected chi connectivity index (χ4v) is 4.31. The highest BCUT2D eigenvalue weighted by Crippen LogP contribution is 2.68. The summed E-state index contributed by atoms with van der Waals surface area (Å²) in [5.74, 6) is 1.12. The second-order valence-corrected chi connectivity index (χ2v) is 7.92. The molecule has 4 nitrogen and oxygen atoms in total. The molecule has 4 heteroatoms. The highest BCUT2D eigenvalue weighted by Gasteiger charge is 2.68. The van der Waals surface area contributed by atoms with Crippen LogP contribution in [0.2, 0.25) is 0 Å². The van der Waals surface area contributed by atoms with E-state index >= 15 is 0 Å². The summed E-state index contributed by atoms with van der Waals surface area (Å²) in [6, 6.07) is 0.292. The molecule has 0 radical (unpaired) electrons. The summed E-state index contributed by atoms with van der Waals surface area (Å²) in [5, 5.41) is 3.08. The minimum atomic E-state index is 0.113. The van der Waals surface area contributed by atoms with Crippen LogP contribution in [0.15, 0.2) is 0 Å². The first-order chi connectivity index (χ1) is 9.25. The predicted molar refractivity (Wildman–Crippen MR) is 76.9 cm³/mol. The molecule has 0 aromatic carbocycles. The smallest absolute Gasteiger partial charge is 0.226 e. The number of carbonyl (C=O) groups excluding carboxylic acids is 2. The van der Waals surface area contributed by atoms with Crippen molar-refractivity contribution in [1.29, 1.82) is 0 Å². The summed E-state index contributed by atoms with van der Waals surface area (Å²) < 4.78 is 0. The standard InChI is InChI=1S/C16H26N2O2/c1-15(2)13(16(15,3)4)14(20)18-8-7-11-10(9-18)5-6-12(19)17-11/h10-11,13H,5-9H2,1-4H3,(H,17,19). The zero-order valence-corrected chi connectivity index (χ0v) is 13.0. The third kappa shape index (κ3) is 1.87. The maximum Gasteiger partial charge on any atom is 0.226 e. The third-order valence-corrected chi connectivity index (χ3v) is 6.40. The minimum Gasteiger partial charge on any atom is -0.353 e. The van der Waals surface area contributed by atoms with Gasteiger partial charge in [-0.15, -0.1) is 0 Å². The van der Waals surface area contributed by atoms with E-state index in [1.807, 2.05) is 0 Å². The SMILES string of the molecule is CC1(C)C(C(=O)N2CCC3NC(=O)CCC3C2)C1(C)C. The Kier molecular flexibility index (Phi) is 2.93. The molecule has 2 aliphatic heterocycles. The lowest BCUT2D eigenvalue weighted by Crippen LogP contribution is -2.55. The van der Waals surface area contributed by atoms with Crippen molar-refractivity contribution in [3.8, 4) is 0 Å². The van der Waals surface area contributed by atoms with Gasteiger partial charge >= 0.3 is 0 Å². The van der Waals surface area contributed by atoms with Gasteiger partial charge in [0.25, 0.3) is 0 Å². The molecule has 0 aromatic rings. The molecule has 0 aromatic heterocycles. The first-order valence-corrected chi connectivity index (χ1v) is 7.83. The summed E-state index contributed by atoms with van der Waals surface area (Å²) in [5.41, 5.74) is 0.226. The minimum absolute atomic E-state index is 0.113. The highest BCUT2D eigenvalue weighted by atomic mass is 16.2. The number of carbonyl (C=O) groups is 2. The Morgan fingerprint density at radius 2 is 1.85 bits per heavy atom. The zero-order chi connectivity index (χ0) is 14.7. The van der Waals surface area contributed by atoms with E-state index in [-0.39, 0.29) is 22.7 Å². The second kappa shape index (κ2) is 4.22. The van der Waals surface area contributed by atoms with Gasteiger partial charge in [0.1, 0.15) is 0 Å². The van der Waals surface area contributed by atoms with Crippen molar-refractivity contribution in [1.82, 2.24) is 10.2 Å². The van der Waals surface area contributed by atoms with Crippen molar-refractivity contribution in [2.45, 2.75) is 53.0 Å². The number of piperidine rings is 2. The van der Waals surface area contributed by atoms with Crippen LogP contribution in [-0.4, -0.2) is 35.8 Å². The van der Waals surface area contributed by atoms with Crippen molar-refractivity contribution in [2.75, 3.05) is 13.1 Å². The van der Waals surface area contributed by atoms with E-state index in [0.717, 1.165) is 25.9 Å². The molecule has 1 saturated carbocycles. The first-order valence-electron chi connectivity index (χ1n) is 7.83. The molecule has 0 bridgehead atoms. The Balaban J connectivity index is 1.66. The molecular weight excluding hydrogens is 252 g/mol. The number of rotatable bonds is 1. The molecule has 2 saturated heterocycles. The van der Waals surface area contributed by atoms with E-state index in [9.17, 15) is 9.59 Å². The van der Waals surface area contributed by atoms with Crippen LogP contribution in [-0.2, 0) is 9.59 Å². The molecule has 20 heavy (non-hydrogen) atoms. The van der Waals surface area contributed by atoms with Crippen LogP contribution in [0.4, 0.5) is 0 Å². The Labute approximate surface area is 121 Å². The average Bonchev–Trinajstić information content (AvgIpc) is 2.78. The molecule has 1 aliphatic carbocycles. The zero-order valence-electron chi connectivity index (χ0n) is 13.0. The van der Waals surface area contributed by atoms with Crippen molar-refractivity contribution in [3.05, 3.63) is 0 Å². The molecule has 3 rings (SSSR count). The van der Waals surface area contributed by atoms with E-state index in [1.54, 1.807) is 0 Å². The van der Waals surface area contributed by atoms with Crippen molar-refractivity contribution in [3.63, 3.8) is 0 Å². The normalized spacial score (nSPS) is 35.2. The maximum atomic E-state index is 12.8. The van der Waals surface area contributed by atoms with Crippen LogP contribution >= 0.6 is 0 Å². The third-order valence-electron chi connectivity index (χ3n) is 6.40. The Bertz CT molecular complexity index is 441. The first kappa shape index (κ1) is 13.9. The fourth-order valence-electron chi connectivity index (χ4n) is 4.31. The van der Waals surface area contributed by atoms with E-state index in [1.165, 1.54) is 0 Å². The van der Waals surface area contributed by atoms with E-state index in [4.69, 9.17) is 0 Å². The van der Waals surface area contributed by atoms with Crippen molar-refractivity contribution < 1.29 is 9.59 Å². The molecule has 3 fully saturated rings. The number of amides is 2. The molecule has 2 amide bonds. The Morgan fingerprint density at radius 3 is 2.45 bits per heavy atom. The summed E-state index contributed by atoms with van der Waals surface area (Å²) in [4.78, 5) is 26.3. The molecule has 2 atom stereocenters. The van der Waals surface area contributed by atoms with E-state index < -0.39 is 0 Å². The van der Waals surface area contributed by atoms with Crippen LogP contribution in [0.25, 0.3) is 0 Å². The van der Waals surface area contributed by atoms with E-state index in [2.05, 4.69) is 37.9 Å². The van der Waals surface area contributed by atoms with Crippen LogP contribution in [0, 0.1) is 22.7 Å². The lowest BCUT2D eigenvalue weighted by Gasteiger charge is -2.41. The van der Waals surface area contributed by atoms with Crippen LogP contribution in [0.5, 0.6) is 0 Å². The van der Waals surface area contributed by atoms with Gasteiger partial charge in [-0.3, -0.25) is 9.59 Å². The molecule has 0 spiro atoms. The van der Waals surface area contributed by atoms with Gasteiger partial charge in [-0.2, -0.15) is 0 Å². The quantitative estimate of drug-likeness (QED) is 0.795. The second-order valence-electron chi connectivity index (χ2n) is 7.92. The van der Waals surface area contributed by atoms with Crippen molar-refractivity contribution in [2.24, 2.45) is 22.7 Å². The van der Waals surface area contributed by atoms with Crippen LogP contribution in [0.1, 0.15) is 47.0 Å². The van der Waals surface area contributed by atoms with Crippen molar-refractivity contribution >= 4 is 11.8 Å². The molecule has 112 valence electrons. The Morgan fingerprint density at radius 1 is 1.20 bits per heavy atom. The monoisotopic (exact) mass is 278 g/mol. The predicted octanol–water partition coefficient (Wildman–Crippen LogP) is 1.80. The topological polar surface area (TPSA) is 49.4 Å². The van der Waals surface area contributed by atoms with Crippen LogP contribution in [0.3, 0.4) is 0 Å². The van der Waals surface area contributed by atoms with Gasteiger partial charge in [-0.1, -0.05) is 27.7 Å². The largest absolute Gasteiger partial charge is 0.353 e. The Hall–Kier alpha value is -1.06. The van der Waals surface area contributed by atoms with Gasteiger partial charge in [0.2, 0.25) is 11.8 Å². The summed E-state index contributed by atoms with van der Waals surface area (Å²) in [6.07, 6.45) is 2.46. The summed E-state index contributed by atoms with van der Waals surface area (Å²) in [7, 11) is 0. The number of hydrogen-bond donors (Lipinski definition) is 1. The summed E-state index contributed by atoms with van der Waals surface area (Å²) in [6.45, 7) is 10.4. The van der Waals surface area contributed by atoms with Gasteiger partial charge in [0.15, 0.2) is 0 Å². The highest BCUT2D eigenvalue weighted by molar-refractivity contribution is 5.84. The molecule has 2 unspecified atom stereocenters.